The van der Waals surface area contributed by atoms with Gasteiger partial charge >= 0.3 is 0 Å². The van der Waals surface area contributed by atoms with E-state index in [4.69, 9.17) is 5.73 Å². The molecule has 0 spiro atoms. The second-order valence-corrected chi connectivity index (χ2v) is 4.71. The Hall–Kier alpha value is -1.40. The number of aliphatic hydroxyl groups excluding tert-OH is 1. The summed E-state index contributed by atoms with van der Waals surface area (Å²) < 4.78 is 2.52. The first-order valence-corrected chi connectivity index (χ1v) is 5.93. The molecule has 17 heavy (non-hydrogen) atoms. The molecule has 0 radical (unpaired) electrons. The van der Waals surface area contributed by atoms with Gasteiger partial charge in [0.05, 0.1) is 6.10 Å². The third-order valence-corrected chi connectivity index (χ3v) is 3.08. The van der Waals surface area contributed by atoms with Gasteiger partial charge in [0.15, 0.2) is 0 Å². The third-order valence-electron chi connectivity index (χ3n) is 2.59. The first-order chi connectivity index (χ1) is 8.08. The third kappa shape index (κ3) is 2.65. The summed E-state index contributed by atoms with van der Waals surface area (Å²) in [7, 11) is 1.79. The minimum Gasteiger partial charge on any atom is -0.398 e. The van der Waals surface area contributed by atoms with Crippen molar-refractivity contribution in [2.75, 3.05) is 5.73 Å². The maximum Gasteiger partial charge on any atom is 0.138 e. The minimum atomic E-state index is -0.685. The number of nitrogen functional groups attached to an aromatic ring is 1. The molecule has 1 aromatic carbocycles. The van der Waals surface area contributed by atoms with Crippen LogP contribution in [0, 0.1) is 0 Å². The summed E-state index contributed by atoms with van der Waals surface area (Å²) in [6, 6.07) is 5.42. The lowest BCUT2D eigenvalue weighted by Gasteiger charge is -2.13. The van der Waals surface area contributed by atoms with E-state index in [1.54, 1.807) is 17.8 Å². The Bertz CT molecular complexity index is 526. The molecule has 1 unspecified atom stereocenters. The van der Waals surface area contributed by atoms with Gasteiger partial charge in [-0.2, -0.15) is 5.10 Å². The molecule has 6 heteroatoms. The topological polar surface area (TPSA) is 77.0 Å². The van der Waals surface area contributed by atoms with Crippen LogP contribution in [0.25, 0.3) is 0 Å². The second kappa shape index (κ2) is 4.85. The molecule has 90 valence electrons. The fraction of sp³-hybridized carbons (Fsp3) is 0.273. The van der Waals surface area contributed by atoms with Crippen LogP contribution in [0.2, 0.25) is 0 Å². The lowest BCUT2D eigenvalue weighted by Crippen LogP contribution is -2.09. The Morgan fingerprint density at radius 1 is 1.53 bits per heavy atom. The SMILES string of the molecule is Cn1ncnc1CC(O)c1cc(Br)ccc1N. The molecule has 1 heterocycles. The number of rotatable bonds is 3. The molecule has 0 bridgehead atoms. The molecule has 0 saturated carbocycles. The van der Waals surface area contributed by atoms with Crippen LogP contribution in [0.1, 0.15) is 17.5 Å². The van der Waals surface area contributed by atoms with Gasteiger partial charge in [0, 0.05) is 29.2 Å². The van der Waals surface area contributed by atoms with Crippen molar-refractivity contribution >= 4 is 21.6 Å². The molecule has 0 aliphatic heterocycles. The zero-order chi connectivity index (χ0) is 12.4. The molecule has 0 aliphatic carbocycles. The maximum absolute atomic E-state index is 10.1. The average molecular weight is 297 g/mol. The van der Waals surface area contributed by atoms with Crippen LogP contribution in [-0.4, -0.2) is 19.9 Å². The highest BCUT2D eigenvalue weighted by molar-refractivity contribution is 9.10. The van der Waals surface area contributed by atoms with E-state index < -0.39 is 6.10 Å². The highest BCUT2D eigenvalue weighted by Crippen LogP contribution is 2.26. The lowest BCUT2D eigenvalue weighted by atomic mass is 10.0. The number of aliphatic hydroxyl groups is 1. The number of nitrogens with zero attached hydrogens (tertiary/aromatic N) is 3. The van der Waals surface area contributed by atoms with Crippen LogP contribution in [0.15, 0.2) is 29.0 Å². The number of hydrogen-bond donors (Lipinski definition) is 2. The van der Waals surface area contributed by atoms with Crippen molar-refractivity contribution in [2.24, 2.45) is 7.05 Å². The largest absolute Gasteiger partial charge is 0.398 e. The molecular weight excluding hydrogens is 284 g/mol. The van der Waals surface area contributed by atoms with E-state index in [-0.39, 0.29) is 0 Å². The van der Waals surface area contributed by atoms with Crippen molar-refractivity contribution in [3.05, 3.63) is 40.4 Å². The zero-order valence-electron chi connectivity index (χ0n) is 9.34. The molecule has 0 aliphatic rings. The average Bonchev–Trinajstić information content (AvgIpc) is 2.68. The first-order valence-electron chi connectivity index (χ1n) is 5.14. The molecule has 0 amide bonds. The fourth-order valence-electron chi connectivity index (χ4n) is 1.62. The molecule has 0 fully saturated rings. The summed E-state index contributed by atoms with van der Waals surface area (Å²) in [5.41, 5.74) is 7.10. The van der Waals surface area contributed by atoms with Crippen LogP contribution < -0.4 is 5.73 Å². The number of benzene rings is 1. The summed E-state index contributed by atoms with van der Waals surface area (Å²) in [5, 5.41) is 14.1. The molecule has 2 aromatic rings. The van der Waals surface area contributed by atoms with Crippen molar-refractivity contribution in [3.63, 3.8) is 0 Å². The number of hydrogen-bond acceptors (Lipinski definition) is 4. The quantitative estimate of drug-likeness (QED) is 0.840. The van der Waals surface area contributed by atoms with Crippen LogP contribution in [0.4, 0.5) is 5.69 Å². The minimum absolute atomic E-state index is 0.386. The number of halogens is 1. The van der Waals surface area contributed by atoms with E-state index in [1.807, 2.05) is 12.1 Å². The number of aromatic nitrogens is 3. The first kappa shape index (κ1) is 12.1. The molecule has 0 saturated heterocycles. The van der Waals surface area contributed by atoms with Gasteiger partial charge < -0.3 is 10.8 Å². The van der Waals surface area contributed by atoms with E-state index in [2.05, 4.69) is 26.0 Å². The Balaban J connectivity index is 2.23. The highest BCUT2D eigenvalue weighted by Gasteiger charge is 2.14. The second-order valence-electron chi connectivity index (χ2n) is 3.79. The summed E-state index contributed by atoms with van der Waals surface area (Å²) >= 11 is 3.36. The van der Waals surface area contributed by atoms with Crippen molar-refractivity contribution in [1.29, 1.82) is 0 Å². The van der Waals surface area contributed by atoms with Crippen LogP contribution in [0.3, 0.4) is 0 Å². The fourth-order valence-corrected chi connectivity index (χ4v) is 2.00. The molecule has 1 atom stereocenters. The maximum atomic E-state index is 10.1. The summed E-state index contributed by atoms with van der Waals surface area (Å²) in [6.07, 6.45) is 1.17. The monoisotopic (exact) mass is 296 g/mol. The summed E-state index contributed by atoms with van der Waals surface area (Å²) in [4.78, 5) is 4.07. The van der Waals surface area contributed by atoms with Gasteiger partial charge in [0.25, 0.3) is 0 Å². The Kier molecular flexibility index (Phi) is 3.44. The molecule has 5 nitrogen and oxygen atoms in total. The highest BCUT2D eigenvalue weighted by atomic mass is 79.9. The van der Waals surface area contributed by atoms with Gasteiger partial charge in [-0.05, 0) is 18.2 Å². The van der Waals surface area contributed by atoms with Gasteiger partial charge in [-0.25, -0.2) is 4.98 Å². The molecule has 1 aromatic heterocycles. The van der Waals surface area contributed by atoms with Gasteiger partial charge in [0.2, 0.25) is 0 Å². The number of aryl methyl sites for hydroxylation is 1. The summed E-state index contributed by atoms with van der Waals surface area (Å²) in [5.74, 6) is 0.719. The van der Waals surface area contributed by atoms with Crippen molar-refractivity contribution in [3.8, 4) is 0 Å². The van der Waals surface area contributed by atoms with Crippen LogP contribution in [-0.2, 0) is 13.5 Å². The molecule has 2 rings (SSSR count). The van der Waals surface area contributed by atoms with E-state index >= 15 is 0 Å². The van der Waals surface area contributed by atoms with E-state index in [0.717, 1.165) is 10.3 Å². The van der Waals surface area contributed by atoms with Gasteiger partial charge in [0.1, 0.15) is 12.2 Å². The Labute approximate surface area is 107 Å². The standard InChI is InChI=1S/C11H13BrN4O/c1-16-11(14-6-15-16)5-10(17)8-4-7(12)2-3-9(8)13/h2-4,6,10,17H,5,13H2,1H3. The van der Waals surface area contributed by atoms with Gasteiger partial charge in [-0.1, -0.05) is 15.9 Å². The Morgan fingerprint density at radius 3 is 2.94 bits per heavy atom. The van der Waals surface area contributed by atoms with Gasteiger partial charge in [-0.15, -0.1) is 0 Å². The normalized spacial score (nSPS) is 12.6. The lowest BCUT2D eigenvalue weighted by molar-refractivity contribution is 0.175. The van der Waals surface area contributed by atoms with Crippen molar-refractivity contribution in [1.82, 2.24) is 14.8 Å². The van der Waals surface area contributed by atoms with Crippen molar-refractivity contribution in [2.45, 2.75) is 12.5 Å². The Morgan fingerprint density at radius 2 is 2.29 bits per heavy atom. The molecule has 3 N–H and O–H groups in total. The van der Waals surface area contributed by atoms with Gasteiger partial charge in [-0.3, -0.25) is 4.68 Å². The van der Waals surface area contributed by atoms with Crippen LogP contribution in [0.5, 0.6) is 0 Å². The predicted molar refractivity (Wildman–Crippen MR) is 68.2 cm³/mol. The van der Waals surface area contributed by atoms with Crippen LogP contribution >= 0.6 is 15.9 Å². The van der Waals surface area contributed by atoms with E-state index in [9.17, 15) is 5.11 Å². The van der Waals surface area contributed by atoms with E-state index in [0.29, 0.717) is 17.7 Å². The smallest absolute Gasteiger partial charge is 0.138 e. The van der Waals surface area contributed by atoms with E-state index in [1.165, 1.54) is 6.33 Å². The number of anilines is 1. The molecular formula is C11H13BrN4O. The summed E-state index contributed by atoms with van der Waals surface area (Å²) in [6.45, 7) is 0. The zero-order valence-corrected chi connectivity index (χ0v) is 10.9. The predicted octanol–water partition coefficient (Wildman–Crippen LogP) is 1.44. The van der Waals surface area contributed by atoms with Crippen molar-refractivity contribution < 1.29 is 5.11 Å². The number of nitrogens with two attached hydrogens (primary N) is 1.